The van der Waals surface area contributed by atoms with Crippen LogP contribution in [0, 0.1) is 5.92 Å². The first-order valence-electron chi connectivity index (χ1n) is 6.95. The fourth-order valence-corrected chi connectivity index (χ4v) is 2.59. The smallest absolute Gasteiger partial charge is 0.0606 e. The lowest BCUT2D eigenvalue weighted by atomic mass is 10.1. The highest BCUT2D eigenvalue weighted by Gasteiger charge is 2.14. The van der Waals surface area contributed by atoms with E-state index in [0.717, 1.165) is 18.2 Å². The third-order valence-corrected chi connectivity index (χ3v) is 3.81. The Kier molecular flexibility index (Phi) is 4.88. The first-order chi connectivity index (χ1) is 8.79. The van der Waals surface area contributed by atoms with Gasteiger partial charge in [0.15, 0.2) is 0 Å². The van der Waals surface area contributed by atoms with Crippen molar-refractivity contribution in [2.24, 2.45) is 5.92 Å². The minimum absolute atomic E-state index is 0.193. The van der Waals surface area contributed by atoms with Gasteiger partial charge in [-0.1, -0.05) is 12.8 Å². The molecule has 1 aromatic rings. The quantitative estimate of drug-likeness (QED) is 0.812. The SMILES string of the molecule is CN(CCO)c1ccc(NCC2CCCC2)cc1. The second-order valence-electron chi connectivity index (χ2n) is 5.22. The highest BCUT2D eigenvalue weighted by molar-refractivity contribution is 5.54. The van der Waals surface area contributed by atoms with Crippen LogP contribution in [0.1, 0.15) is 25.7 Å². The summed E-state index contributed by atoms with van der Waals surface area (Å²) in [5, 5.41) is 12.4. The molecule has 0 aliphatic heterocycles. The molecular formula is C15H24N2O. The summed E-state index contributed by atoms with van der Waals surface area (Å²) in [4.78, 5) is 2.06. The molecule has 0 spiro atoms. The summed E-state index contributed by atoms with van der Waals surface area (Å²) in [5.74, 6) is 0.863. The highest BCUT2D eigenvalue weighted by Crippen LogP contribution is 2.25. The first-order valence-corrected chi connectivity index (χ1v) is 6.95. The predicted octanol–water partition coefficient (Wildman–Crippen LogP) is 2.72. The van der Waals surface area contributed by atoms with Gasteiger partial charge in [0.2, 0.25) is 0 Å². The van der Waals surface area contributed by atoms with Crippen LogP contribution < -0.4 is 10.2 Å². The van der Waals surface area contributed by atoms with Crippen molar-refractivity contribution in [1.82, 2.24) is 0 Å². The molecule has 0 atom stereocenters. The first kappa shape index (κ1) is 13.2. The van der Waals surface area contributed by atoms with Gasteiger partial charge in [-0.05, 0) is 43.0 Å². The van der Waals surface area contributed by atoms with Crippen molar-refractivity contribution in [3.05, 3.63) is 24.3 Å². The topological polar surface area (TPSA) is 35.5 Å². The molecule has 1 aromatic carbocycles. The lowest BCUT2D eigenvalue weighted by Gasteiger charge is -2.18. The van der Waals surface area contributed by atoms with Crippen molar-refractivity contribution >= 4 is 11.4 Å². The summed E-state index contributed by atoms with van der Waals surface area (Å²) in [7, 11) is 2.00. The number of aliphatic hydroxyl groups is 1. The van der Waals surface area contributed by atoms with Crippen LogP contribution in [0.4, 0.5) is 11.4 Å². The van der Waals surface area contributed by atoms with E-state index in [0.29, 0.717) is 6.54 Å². The lowest BCUT2D eigenvalue weighted by Crippen LogP contribution is -2.21. The van der Waals surface area contributed by atoms with Gasteiger partial charge < -0.3 is 15.3 Å². The van der Waals surface area contributed by atoms with Crippen molar-refractivity contribution in [1.29, 1.82) is 0 Å². The molecule has 100 valence electrons. The monoisotopic (exact) mass is 248 g/mol. The van der Waals surface area contributed by atoms with Crippen LogP contribution in [0.2, 0.25) is 0 Å². The van der Waals surface area contributed by atoms with Gasteiger partial charge >= 0.3 is 0 Å². The van der Waals surface area contributed by atoms with Crippen molar-refractivity contribution in [3.8, 4) is 0 Å². The molecular weight excluding hydrogens is 224 g/mol. The van der Waals surface area contributed by atoms with E-state index in [1.165, 1.54) is 31.4 Å². The Hall–Kier alpha value is -1.22. The number of hydrogen-bond acceptors (Lipinski definition) is 3. The maximum absolute atomic E-state index is 8.90. The Morgan fingerprint density at radius 2 is 1.89 bits per heavy atom. The van der Waals surface area contributed by atoms with Gasteiger partial charge in [-0.25, -0.2) is 0 Å². The van der Waals surface area contributed by atoms with Crippen molar-refractivity contribution in [3.63, 3.8) is 0 Å². The average Bonchev–Trinajstić information content (AvgIpc) is 2.90. The molecule has 0 heterocycles. The van der Waals surface area contributed by atoms with Crippen LogP contribution in [0.15, 0.2) is 24.3 Å². The molecule has 3 nitrogen and oxygen atoms in total. The number of likely N-dealkylation sites (N-methyl/N-ethyl adjacent to an activating group) is 1. The molecule has 0 unspecified atom stereocenters. The fraction of sp³-hybridized carbons (Fsp3) is 0.600. The summed E-state index contributed by atoms with van der Waals surface area (Å²) in [6.45, 7) is 1.97. The maximum atomic E-state index is 8.90. The molecule has 0 amide bonds. The van der Waals surface area contributed by atoms with E-state index >= 15 is 0 Å². The van der Waals surface area contributed by atoms with Gasteiger partial charge in [0.05, 0.1) is 6.61 Å². The number of rotatable bonds is 6. The van der Waals surface area contributed by atoms with E-state index < -0.39 is 0 Å². The summed E-state index contributed by atoms with van der Waals surface area (Å²) >= 11 is 0. The molecule has 1 aliphatic carbocycles. The zero-order valence-electron chi connectivity index (χ0n) is 11.2. The number of nitrogens with one attached hydrogen (secondary N) is 1. The third-order valence-electron chi connectivity index (χ3n) is 3.81. The van der Waals surface area contributed by atoms with Gasteiger partial charge in [0, 0.05) is 31.5 Å². The summed E-state index contributed by atoms with van der Waals surface area (Å²) < 4.78 is 0. The largest absolute Gasteiger partial charge is 0.395 e. The average molecular weight is 248 g/mol. The van der Waals surface area contributed by atoms with E-state index in [1.807, 2.05) is 7.05 Å². The molecule has 0 saturated heterocycles. The predicted molar refractivity (Wildman–Crippen MR) is 77.2 cm³/mol. The van der Waals surface area contributed by atoms with Gasteiger partial charge in [-0.2, -0.15) is 0 Å². The molecule has 18 heavy (non-hydrogen) atoms. The minimum Gasteiger partial charge on any atom is -0.395 e. The zero-order chi connectivity index (χ0) is 12.8. The number of anilines is 2. The molecule has 2 rings (SSSR count). The van der Waals surface area contributed by atoms with E-state index in [2.05, 4.69) is 34.5 Å². The van der Waals surface area contributed by atoms with Crippen LogP contribution in [0.3, 0.4) is 0 Å². The van der Waals surface area contributed by atoms with Crippen molar-refractivity contribution in [2.45, 2.75) is 25.7 Å². The van der Waals surface area contributed by atoms with Crippen LogP contribution >= 0.6 is 0 Å². The van der Waals surface area contributed by atoms with Crippen LogP contribution in [-0.4, -0.2) is 31.9 Å². The third kappa shape index (κ3) is 3.64. The number of aliphatic hydroxyl groups excluding tert-OH is 1. The Morgan fingerprint density at radius 1 is 1.22 bits per heavy atom. The second kappa shape index (κ2) is 6.64. The Morgan fingerprint density at radius 3 is 2.50 bits per heavy atom. The Bertz CT molecular complexity index is 344. The molecule has 0 radical (unpaired) electrons. The summed E-state index contributed by atoms with van der Waals surface area (Å²) in [6, 6.07) is 8.45. The molecule has 1 fully saturated rings. The lowest BCUT2D eigenvalue weighted by molar-refractivity contribution is 0.304. The van der Waals surface area contributed by atoms with Crippen LogP contribution in [0.5, 0.6) is 0 Å². The van der Waals surface area contributed by atoms with Crippen molar-refractivity contribution in [2.75, 3.05) is 37.0 Å². The van der Waals surface area contributed by atoms with Crippen molar-refractivity contribution < 1.29 is 5.11 Å². The number of hydrogen-bond donors (Lipinski definition) is 2. The number of nitrogens with zero attached hydrogens (tertiary/aromatic N) is 1. The molecule has 1 saturated carbocycles. The van der Waals surface area contributed by atoms with Crippen LogP contribution in [-0.2, 0) is 0 Å². The van der Waals surface area contributed by atoms with Gasteiger partial charge in [-0.3, -0.25) is 0 Å². The fourth-order valence-electron chi connectivity index (χ4n) is 2.59. The number of benzene rings is 1. The van der Waals surface area contributed by atoms with E-state index in [1.54, 1.807) is 0 Å². The Balaban J connectivity index is 1.83. The van der Waals surface area contributed by atoms with E-state index in [4.69, 9.17) is 5.11 Å². The summed E-state index contributed by atoms with van der Waals surface area (Å²) in [6.07, 6.45) is 5.56. The summed E-state index contributed by atoms with van der Waals surface area (Å²) in [5.41, 5.74) is 2.35. The second-order valence-corrected chi connectivity index (χ2v) is 5.22. The zero-order valence-corrected chi connectivity index (χ0v) is 11.2. The van der Waals surface area contributed by atoms with E-state index in [-0.39, 0.29) is 6.61 Å². The standard InChI is InChI=1S/C15H24N2O/c1-17(10-11-18)15-8-6-14(7-9-15)16-12-13-4-2-3-5-13/h6-9,13,16,18H,2-5,10-12H2,1H3. The maximum Gasteiger partial charge on any atom is 0.0606 e. The minimum atomic E-state index is 0.193. The van der Waals surface area contributed by atoms with Gasteiger partial charge in [0.1, 0.15) is 0 Å². The van der Waals surface area contributed by atoms with Gasteiger partial charge in [0.25, 0.3) is 0 Å². The van der Waals surface area contributed by atoms with E-state index in [9.17, 15) is 0 Å². The molecule has 2 N–H and O–H groups in total. The normalized spacial score (nSPS) is 15.9. The molecule has 1 aliphatic rings. The molecule has 3 heteroatoms. The van der Waals surface area contributed by atoms with Crippen LogP contribution in [0.25, 0.3) is 0 Å². The molecule has 0 bridgehead atoms. The van der Waals surface area contributed by atoms with Gasteiger partial charge in [-0.15, -0.1) is 0 Å². The highest BCUT2D eigenvalue weighted by atomic mass is 16.3. The Labute approximate surface area is 110 Å². The molecule has 0 aromatic heterocycles.